The summed E-state index contributed by atoms with van der Waals surface area (Å²) >= 11 is 0. The second kappa shape index (κ2) is 14.6. The molecule has 2 saturated carbocycles. The summed E-state index contributed by atoms with van der Waals surface area (Å²) in [5.74, 6) is 2.84. The van der Waals surface area contributed by atoms with E-state index in [9.17, 15) is 8.78 Å². The van der Waals surface area contributed by atoms with Gasteiger partial charge in [-0.1, -0.05) is 90.4 Å². The van der Waals surface area contributed by atoms with E-state index < -0.39 is 6.08 Å². The van der Waals surface area contributed by atoms with E-state index in [0.29, 0.717) is 0 Å². The topological polar surface area (TPSA) is 0 Å². The zero-order valence-electron chi connectivity index (χ0n) is 18.6. The Hall–Kier alpha value is -0.400. The lowest BCUT2D eigenvalue weighted by molar-refractivity contribution is 0.150. The highest BCUT2D eigenvalue weighted by Gasteiger charge is 2.30. The highest BCUT2D eigenvalue weighted by atomic mass is 19.3. The molecule has 0 aromatic carbocycles. The summed E-state index contributed by atoms with van der Waals surface area (Å²) in [4.78, 5) is 0. The molecule has 0 unspecified atom stereocenters. The van der Waals surface area contributed by atoms with Gasteiger partial charge in [0.2, 0.25) is 0 Å². The zero-order valence-corrected chi connectivity index (χ0v) is 18.6. The monoisotopic (exact) mass is 396 g/mol. The Morgan fingerprint density at radius 2 is 1.11 bits per heavy atom. The Bertz CT molecular complexity index is 397. The van der Waals surface area contributed by atoms with Gasteiger partial charge in [-0.3, -0.25) is 0 Å². The predicted octanol–water partition coefficient (Wildman–Crippen LogP) is 9.69. The van der Waals surface area contributed by atoms with E-state index in [-0.39, 0.29) is 5.92 Å². The van der Waals surface area contributed by atoms with Crippen LogP contribution in [0.2, 0.25) is 0 Å². The van der Waals surface area contributed by atoms with E-state index in [0.717, 1.165) is 30.6 Å². The Morgan fingerprint density at radius 3 is 1.61 bits per heavy atom. The molecule has 0 aromatic heterocycles. The average Bonchev–Trinajstić information content (AvgIpc) is 2.70. The van der Waals surface area contributed by atoms with Gasteiger partial charge in [-0.05, 0) is 68.3 Å². The van der Waals surface area contributed by atoms with E-state index >= 15 is 0 Å². The summed E-state index contributed by atoms with van der Waals surface area (Å²) < 4.78 is 24.8. The number of allylic oxidation sites excluding steroid dienone is 1. The zero-order chi connectivity index (χ0) is 20.0. The highest BCUT2D eigenvalue weighted by Crippen LogP contribution is 2.42. The molecular formula is C26H46F2. The third-order valence-corrected chi connectivity index (χ3v) is 7.70. The van der Waals surface area contributed by atoms with E-state index in [1.807, 2.05) is 0 Å². The lowest BCUT2D eigenvalue weighted by atomic mass is 9.68. The number of hydrogen-bond donors (Lipinski definition) is 0. The fraction of sp³-hybridized carbons (Fsp3) is 0.923. The van der Waals surface area contributed by atoms with Gasteiger partial charge in [0.05, 0.1) is 0 Å². The Morgan fingerprint density at radius 1 is 0.643 bits per heavy atom. The number of unbranched alkanes of at least 4 members (excludes halogenated alkanes) is 9. The van der Waals surface area contributed by atoms with Gasteiger partial charge in [-0.2, -0.15) is 8.78 Å². The minimum Gasteiger partial charge on any atom is -0.174 e. The van der Waals surface area contributed by atoms with Gasteiger partial charge in [0, 0.05) is 0 Å². The average molecular weight is 397 g/mol. The van der Waals surface area contributed by atoms with Crippen LogP contribution in [0.4, 0.5) is 8.78 Å². The molecule has 0 aliphatic heterocycles. The Labute approximate surface area is 173 Å². The first-order valence-corrected chi connectivity index (χ1v) is 12.7. The normalized spacial score (nSPS) is 28.2. The lowest BCUT2D eigenvalue weighted by Gasteiger charge is -2.37. The molecule has 164 valence electrons. The summed E-state index contributed by atoms with van der Waals surface area (Å²) in [5, 5.41) is 0. The van der Waals surface area contributed by atoms with E-state index in [1.54, 1.807) is 0 Å². The van der Waals surface area contributed by atoms with Crippen LogP contribution in [0.5, 0.6) is 0 Å². The molecule has 2 aliphatic rings. The van der Waals surface area contributed by atoms with Crippen molar-refractivity contribution in [2.24, 2.45) is 23.7 Å². The van der Waals surface area contributed by atoms with Crippen molar-refractivity contribution in [3.8, 4) is 0 Å². The summed E-state index contributed by atoms with van der Waals surface area (Å²) in [6.07, 6.45) is 25.5. The van der Waals surface area contributed by atoms with E-state index in [4.69, 9.17) is 0 Å². The van der Waals surface area contributed by atoms with Crippen molar-refractivity contribution in [2.45, 2.75) is 129 Å². The molecule has 0 nitrogen and oxygen atoms in total. The molecule has 0 saturated heterocycles. The number of halogens is 2. The van der Waals surface area contributed by atoms with Crippen LogP contribution >= 0.6 is 0 Å². The van der Waals surface area contributed by atoms with Crippen LogP contribution in [0.15, 0.2) is 12.2 Å². The van der Waals surface area contributed by atoms with Crippen molar-refractivity contribution in [3.05, 3.63) is 12.2 Å². The first-order valence-electron chi connectivity index (χ1n) is 12.7. The molecule has 0 radical (unpaired) electrons. The van der Waals surface area contributed by atoms with Crippen LogP contribution in [0, 0.1) is 23.7 Å². The summed E-state index contributed by atoms with van der Waals surface area (Å²) in [6, 6.07) is 0. The van der Waals surface area contributed by atoms with Crippen molar-refractivity contribution < 1.29 is 8.78 Å². The molecule has 0 amide bonds. The van der Waals surface area contributed by atoms with Crippen LogP contribution in [0.3, 0.4) is 0 Å². The maximum Gasteiger partial charge on any atom is 0.266 e. The van der Waals surface area contributed by atoms with E-state index in [1.165, 1.54) is 115 Å². The third-order valence-electron chi connectivity index (χ3n) is 7.70. The number of hydrogen-bond acceptors (Lipinski definition) is 0. The van der Waals surface area contributed by atoms with Crippen molar-refractivity contribution in [2.75, 3.05) is 0 Å². The molecule has 0 aromatic rings. The SMILES string of the molecule is CCCCCCCCCCCC[C@H]1CC[C@H]([C@H]2CC[C@H](C=C(F)F)CC2)CC1. The third kappa shape index (κ3) is 9.88. The van der Waals surface area contributed by atoms with Crippen LogP contribution in [0.25, 0.3) is 0 Å². The number of rotatable bonds is 13. The molecule has 2 heteroatoms. The van der Waals surface area contributed by atoms with Gasteiger partial charge < -0.3 is 0 Å². The standard InChI is InChI=1S/C26H46F2/c1-2-3-4-5-6-7-8-9-10-11-12-22-13-17-24(18-14-22)25-19-15-23(16-20-25)21-26(27)28/h21-25H,2-20H2,1H3/t22-,23-,24-,25-. The van der Waals surface area contributed by atoms with Gasteiger partial charge in [-0.15, -0.1) is 0 Å². The quantitative estimate of drug-likeness (QED) is 0.272. The summed E-state index contributed by atoms with van der Waals surface area (Å²) in [7, 11) is 0. The van der Waals surface area contributed by atoms with Crippen LogP contribution in [0.1, 0.15) is 129 Å². The van der Waals surface area contributed by atoms with Gasteiger partial charge >= 0.3 is 0 Å². The van der Waals surface area contributed by atoms with Gasteiger partial charge in [-0.25, -0.2) is 0 Å². The maximum atomic E-state index is 12.4. The maximum absolute atomic E-state index is 12.4. The molecular weight excluding hydrogens is 350 g/mol. The highest BCUT2D eigenvalue weighted by molar-refractivity contribution is 4.92. The second-order valence-electron chi connectivity index (χ2n) is 9.88. The summed E-state index contributed by atoms with van der Waals surface area (Å²) in [6.45, 7) is 2.29. The van der Waals surface area contributed by atoms with Gasteiger partial charge in [0.15, 0.2) is 0 Å². The fourth-order valence-electron chi connectivity index (χ4n) is 5.83. The second-order valence-corrected chi connectivity index (χ2v) is 9.88. The lowest BCUT2D eigenvalue weighted by Crippen LogP contribution is -2.25. The molecule has 0 bridgehead atoms. The molecule has 2 aliphatic carbocycles. The largest absolute Gasteiger partial charge is 0.266 e. The Balaban J connectivity index is 1.44. The fourth-order valence-corrected chi connectivity index (χ4v) is 5.83. The molecule has 0 heterocycles. The predicted molar refractivity (Wildman–Crippen MR) is 118 cm³/mol. The molecule has 0 spiro atoms. The van der Waals surface area contributed by atoms with Crippen molar-refractivity contribution in [3.63, 3.8) is 0 Å². The van der Waals surface area contributed by atoms with Crippen molar-refractivity contribution in [1.82, 2.24) is 0 Å². The smallest absolute Gasteiger partial charge is 0.174 e. The van der Waals surface area contributed by atoms with Crippen LogP contribution < -0.4 is 0 Å². The minimum absolute atomic E-state index is 0.147. The minimum atomic E-state index is -1.48. The molecule has 28 heavy (non-hydrogen) atoms. The van der Waals surface area contributed by atoms with Gasteiger partial charge in [0.1, 0.15) is 0 Å². The van der Waals surface area contributed by atoms with Crippen LogP contribution in [-0.2, 0) is 0 Å². The Kier molecular flexibility index (Phi) is 12.4. The molecule has 0 N–H and O–H groups in total. The molecule has 2 rings (SSSR count). The first kappa shape index (κ1) is 23.9. The summed E-state index contributed by atoms with van der Waals surface area (Å²) in [5.41, 5.74) is 0. The van der Waals surface area contributed by atoms with Crippen molar-refractivity contribution in [1.29, 1.82) is 0 Å². The van der Waals surface area contributed by atoms with Crippen molar-refractivity contribution >= 4 is 0 Å². The van der Waals surface area contributed by atoms with E-state index in [2.05, 4.69) is 6.92 Å². The molecule has 0 atom stereocenters. The van der Waals surface area contributed by atoms with Gasteiger partial charge in [0.25, 0.3) is 6.08 Å². The first-order chi connectivity index (χ1) is 13.7. The molecule has 2 fully saturated rings. The van der Waals surface area contributed by atoms with Crippen LogP contribution in [-0.4, -0.2) is 0 Å².